The van der Waals surface area contributed by atoms with E-state index in [0.29, 0.717) is 22.4 Å². The summed E-state index contributed by atoms with van der Waals surface area (Å²) in [6, 6.07) is 18.0. The second-order valence-electron chi connectivity index (χ2n) is 5.49. The molecule has 1 heterocycles. The van der Waals surface area contributed by atoms with Crippen LogP contribution in [0.5, 0.6) is 5.75 Å². The Bertz CT molecular complexity index is 989. The highest BCUT2D eigenvalue weighted by atomic mass is 35.5. The maximum atomic E-state index is 13.9. The van der Waals surface area contributed by atoms with E-state index < -0.39 is 11.8 Å². The molecule has 136 valence electrons. The van der Waals surface area contributed by atoms with Crippen LogP contribution in [0.15, 0.2) is 78.7 Å². The number of hydrogen-bond donors (Lipinski definition) is 0. The molecule has 0 fully saturated rings. The van der Waals surface area contributed by atoms with Gasteiger partial charge in [-0.1, -0.05) is 54.1 Å². The van der Waals surface area contributed by atoms with Crippen LogP contribution in [-0.2, 0) is 9.53 Å². The Morgan fingerprint density at radius 3 is 2.41 bits per heavy atom. The fraction of sp³-hybridized carbons (Fsp3) is 0.0476. The molecule has 0 amide bonds. The molecule has 3 rings (SSSR count). The lowest BCUT2D eigenvalue weighted by Crippen LogP contribution is -2.14. The molecule has 0 unspecified atom stereocenters. The van der Waals surface area contributed by atoms with Crippen molar-refractivity contribution < 1.29 is 18.7 Å². The van der Waals surface area contributed by atoms with Crippen molar-refractivity contribution in [3.05, 3.63) is 101 Å². The van der Waals surface area contributed by atoms with E-state index in [9.17, 15) is 9.18 Å². The van der Waals surface area contributed by atoms with Gasteiger partial charge in [0.05, 0.1) is 7.11 Å². The number of ether oxygens (including phenoxy) is 2. The van der Waals surface area contributed by atoms with Crippen LogP contribution < -0.4 is 4.74 Å². The number of esters is 1. The summed E-state index contributed by atoms with van der Waals surface area (Å²) in [4.78, 5) is 16.4. The maximum absolute atomic E-state index is 13.9. The molecule has 0 saturated carbocycles. The van der Waals surface area contributed by atoms with E-state index in [1.54, 1.807) is 30.3 Å². The fourth-order valence-electron chi connectivity index (χ4n) is 2.53. The van der Waals surface area contributed by atoms with E-state index in [1.807, 2.05) is 18.2 Å². The zero-order valence-corrected chi connectivity index (χ0v) is 15.1. The quantitative estimate of drug-likeness (QED) is 0.272. The number of hydrogen-bond acceptors (Lipinski definition) is 4. The molecule has 3 aromatic rings. The van der Waals surface area contributed by atoms with Crippen molar-refractivity contribution in [3.8, 4) is 5.75 Å². The predicted octanol–water partition coefficient (Wildman–Crippen LogP) is 4.89. The van der Waals surface area contributed by atoms with Gasteiger partial charge in [0.1, 0.15) is 16.7 Å². The van der Waals surface area contributed by atoms with Crippen molar-refractivity contribution in [1.29, 1.82) is 0 Å². The Kier molecular flexibility index (Phi) is 5.84. The van der Waals surface area contributed by atoms with Gasteiger partial charge in [0.2, 0.25) is 5.76 Å². The normalized spacial score (nSPS) is 11.5. The van der Waals surface area contributed by atoms with Gasteiger partial charge in [0, 0.05) is 17.8 Å². The Morgan fingerprint density at radius 1 is 1.00 bits per heavy atom. The van der Waals surface area contributed by atoms with Crippen LogP contribution in [0.4, 0.5) is 4.39 Å². The zero-order valence-electron chi connectivity index (χ0n) is 14.4. The van der Waals surface area contributed by atoms with E-state index >= 15 is 0 Å². The molecule has 0 bridgehead atoms. The van der Waals surface area contributed by atoms with Crippen LogP contribution in [0.3, 0.4) is 0 Å². The largest absolute Gasteiger partial charge is 0.463 e. The summed E-state index contributed by atoms with van der Waals surface area (Å²) in [5.41, 5.74) is 1.54. The molecule has 0 aliphatic carbocycles. The lowest BCUT2D eigenvalue weighted by Gasteiger charge is -2.16. The third-order valence-corrected chi connectivity index (χ3v) is 3.90. The highest BCUT2D eigenvalue weighted by Crippen LogP contribution is 2.30. The average Bonchev–Trinajstić information content (AvgIpc) is 2.68. The van der Waals surface area contributed by atoms with Crippen LogP contribution in [-0.4, -0.2) is 18.1 Å². The topological polar surface area (TPSA) is 48.4 Å². The summed E-state index contributed by atoms with van der Waals surface area (Å²) in [5.74, 6) is -0.917. The lowest BCUT2D eigenvalue weighted by atomic mass is 9.96. The van der Waals surface area contributed by atoms with E-state index in [-0.39, 0.29) is 10.9 Å². The second kappa shape index (κ2) is 8.47. The molecule has 0 atom stereocenters. The standard InChI is InChI=1S/C21H15ClFNO3/c1-26-21(25)20(27-17-10-11-24-18(22)13-17)19(14-6-3-2-4-7-14)15-8-5-9-16(23)12-15/h2-13H,1H3/b20-19+. The zero-order chi connectivity index (χ0) is 19.2. The summed E-state index contributed by atoms with van der Waals surface area (Å²) >= 11 is 5.90. The molecule has 27 heavy (non-hydrogen) atoms. The Labute approximate surface area is 160 Å². The van der Waals surface area contributed by atoms with Crippen LogP contribution >= 0.6 is 11.6 Å². The van der Waals surface area contributed by atoms with Crippen molar-refractivity contribution in [2.45, 2.75) is 0 Å². The molecule has 0 aliphatic heterocycles. The van der Waals surface area contributed by atoms with Crippen LogP contribution in [0.25, 0.3) is 5.57 Å². The van der Waals surface area contributed by atoms with Crippen LogP contribution in [0.1, 0.15) is 11.1 Å². The molecule has 1 aromatic heterocycles. The number of halogens is 2. The number of carbonyl (C=O) groups excluding carboxylic acids is 1. The third kappa shape index (κ3) is 4.51. The van der Waals surface area contributed by atoms with Crippen molar-refractivity contribution >= 4 is 23.1 Å². The lowest BCUT2D eigenvalue weighted by molar-refractivity contribution is -0.138. The van der Waals surface area contributed by atoms with Crippen LogP contribution in [0, 0.1) is 5.82 Å². The molecule has 0 spiro atoms. The number of nitrogens with zero attached hydrogens (tertiary/aromatic N) is 1. The minimum Gasteiger partial charge on any atom is -0.463 e. The number of methoxy groups -OCH3 is 1. The summed E-state index contributed by atoms with van der Waals surface area (Å²) in [7, 11) is 1.25. The molecule has 0 N–H and O–H groups in total. The maximum Gasteiger partial charge on any atom is 0.374 e. The summed E-state index contributed by atoms with van der Waals surface area (Å²) in [6.07, 6.45) is 1.46. The van der Waals surface area contributed by atoms with Gasteiger partial charge in [-0.2, -0.15) is 0 Å². The van der Waals surface area contributed by atoms with Gasteiger partial charge in [-0.25, -0.2) is 14.2 Å². The monoisotopic (exact) mass is 383 g/mol. The van der Waals surface area contributed by atoms with Gasteiger partial charge in [0.15, 0.2) is 0 Å². The first-order valence-corrected chi connectivity index (χ1v) is 8.39. The molecule has 0 aliphatic rings. The van der Waals surface area contributed by atoms with Gasteiger partial charge in [-0.3, -0.25) is 0 Å². The molecule has 2 aromatic carbocycles. The minimum atomic E-state index is -0.703. The number of carbonyl (C=O) groups is 1. The summed E-state index contributed by atoms with van der Waals surface area (Å²) in [5, 5.41) is 0.212. The number of benzene rings is 2. The first-order valence-electron chi connectivity index (χ1n) is 8.02. The van der Waals surface area contributed by atoms with Crippen LogP contribution in [0.2, 0.25) is 5.15 Å². The predicted molar refractivity (Wildman–Crippen MR) is 101 cm³/mol. The van der Waals surface area contributed by atoms with Crippen molar-refractivity contribution in [2.75, 3.05) is 7.11 Å². The fourth-order valence-corrected chi connectivity index (χ4v) is 2.70. The molecule has 0 radical (unpaired) electrons. The highest BCUT2D eigenvalue weighted by Gasteiger charge is 2.22. The highest BCUT2D eigenvalue weighted by molar-refractivity contribution is 6.29. The molecule has 0 saturated heterocycles. The average molecular weight is 384 g/mol. The Hall–Kier alpha value is -3.18. The minimum absolute atomic E-state index is 0.0865. The molecule has 6 heteroatoms. The SMILES string of the molecule is COC(=O)/C(Oc1ccnc(Cl)c1)=C(/c1ccccc1)c1cccc(F)c1. The third-order valence-electron chi connectivity index (χ3n) is 3.69. The van der Waals surface area contributed by atoms with Crippen molar-refractivity contribution in [1.82, 2.24) is 4.98 Å². The molecular weight excluding hydrogens is 369 g/mol. The summed E-state index contributed by atoms with van der Waals surface area (Å²) < 4.78 is 24.6. The second-order valence-corrected chi connectivity index (χ2v) is 5.88. The van der Waals surface area contributed by atoms with Gasteiger partial charge < -0.3 is 9.47 Å². The van der Waals surface area contributed by atoms with Gasteiger partial charge in [-0.05, 0) is 29.3 Å². The van der Waals surface area contributed by atoms with Gasteiger partial charge in [-0.15, -0.1) is 0 Å². The molecule has 4 nitrogen and oxygen atoms in total. The number of rotatable bonds is 5. The van der Waals surface area contributed by atoms with Crippen molar-refractivity contribution in [2.24, 2.45) is 0 Å². The van der Waals surface area contributed by atoms with E-state index in [1.165, 1.54) is 31.5 Å². The Morgan fingerprint density at radius 2 is 1.74 bits per heavy atom. The first-order chi connectivity index (χ1) is 13.1. The van der Waals surface area contributed by atoms with Gasteiger partial charge >= 0.3 is 5.97 Å². The number of pyridine rings is 1. The smallest absolute Gasteiger partial charge is 0.374 e. The Balaban J connectivity index is 2.24. The first kappa shape index (κ1) is 18.6. The van der Waals surface area contributed by atoms with Crippen molar-refractivity contribution in [3.63, 3.8) is 0 Å². The van der Waals surface area contributed by atoms with E-state index in [0.717, 1.165) is 0 Å². The number of aromatic nitrogens is 1. The van der Waals surface area contributed by atoms with E-state index in [4.69, 9.17) is 21.1 Å². The van der Waals surface area contributed by atoms with Gasteiger partial charge in [0.25, 0.3) is 0 Å². The summed E-state index contributed by atoms with van der Waals surface area (Å²) in [6.45, 7) is 0. The van der Waals surface area contributed by atoms with E-state index in [2.05, 4.69) is 4.98 Å². The molecular formula is C21H15ClFNO3.